The highest BCUT2D eigenvalue weighted by atomic mass is 16.3. The lowest BCUT2D eigenvalue weighted by atomic mass is 9.90. The molecule has 1 amide bonds. The first-order valence-corrected chi connectivity index (χ1v) is 6.20. The van der Waals surface area contributed by atoms with E-state index in [-0.39, 0.29) is 5.91 Å². The standard InChI is InChI=1S/C13H16N2O2/c16-13(12-2-1-5-17-12)15-14-8-11-7-9-3-4-10(11)6-9/h1-2,5,8-11H,3-4,6-7H2,(H,15,16)/t9-,10-,11-/m0/s1. The van der Waals surface area contributed by atoms with Crippen molar-refractivity contribution in [3.8, 4) is 0 Å². The predicted octanol–water partition coefficient (Wildman–Crippen LogP) is 2.43. The number of rotatable bonds is 3. The van der Waals surface area contributed by atoms with Crippen molar-refractivity contribution >= 4 is 12.1 Å². The maximum atomic E-state index is 11.5. The second-order valence-electron chi connectivity index (χ2n) is 5.04. The number of nitrogens with one attached hydrogen (secondary N) is 1. The van der Waals surface area contributed by atoms with Crippen LogP contribution in [0.4, 0.5) is 0 Å². The third-order valence-electron chi connectivity index (χ3n) is 3.97. The molecule has 0 unspecified atom stereocenters. The molecule has 1 aromatic rings. The molecule has 0 aliphatic heterocycles. The SMILES string of the molecule is O=C(NN=C[C@@H]1C[C@H]2CC[C@H]1C2)c1ccco1. The van der Waals surface area contributed by atoms with Crippen molar-refractivity contribution in [1.29, 1.82) is 0 Å². The van der Waals surface area contributed by atoms with Crippen molar-refractivity contribution in [2.24, 2.45) is 22.9 Å². The van der Waals surface area contributed by atoms with Gasteiger partial charge in [-0.05, 0) is 49.1 Å². The van der Waals surface area contributed by atoms with Crippen molar-refractivity contribution in [3.63, 3.8) is 0 Å². The van der Waals surface area contributed by atoms with Gasteiger partial charge in [-0.25, -0.2) is 5.43 Å². The summed E-state index contributed by atoms with van der Waals surface area (Å²) in [4.78, 5) is 11.5. The Hall–Kier alpha value is -1.58. The highest BCUT2D eigenvalue weighted by Gasteiger charge is 2.38. The van der Waals surface area contributed by atoms with Crippen LogP contribution in [0.1, 0.15) is 36.2 Å². The molecular formula is C13H16N2O2. The number of amides is 1. The van der Waals surface area contributed by atoms with Gasteiger partial charge in [-0.2, -0.15) is 5.10 Å². The molecule has 0 aromatic carbocycles. The fourth-order valence-corrected chi connectivity index (χ4v) is 3.13. The van der Waals surface area contributed by atoms with E-state index in [2.05, 4.69) is 10.5 Å². The van der Waals surface area contributed by atoms with Crippen molar-refractivity contribution in [3.05, 3.63) is 24.2 Å². The molecule has 90 valence electrons. The summed E-state index contributed by atoms with van der Waals surface area (Å²) >= 11 is 0. The first kappa shape index (κ1) is 10.6. The highest BCUT2D eigenvalue weighted by Crippen LogP contribution is 2.47. The monoisotopic (exact) mass is 232 g/mol. The molecule has 0 spiro atoms. The fourth-order valence-electron chi connectivity index (χ4n) is 3.13. The number of hydrogen-bond donors (Lipinski definition) is 1. The van der Waals surface area contributed by atoms with E-state index in [4.69, 9.17) is 4.42 Å². The Morgan fingerprint density at radius 2 is 2.41 bits per heavy atom. The summed E-state index contributed by atoms with van der Waals surface area (Å²) in [6.07, 6.45) is 8.69. The van der Waals surface area contributed by atoms with Crippen LogP contribution in [0.2, 0.25) is 0 Å². The number of fused-ring (bicyclic) bond motifs is 2. The first-order valence-electron chi connectivity index (χ1n) is 6.20. The molecule has 0 saturated heterocycles. The summed E-state index contributed by atoms with van der Waals surface area (Å²) in [5.41, 5.74) is 2.51. The number of carbonyl (C=O) groups excluding carboxylic acids is 1. The van der Waals surface area contributed by atoms with Gasteiger partial charge in [0.1, 0.15) is 0 Å². The molecule has 3 rings (SSSR count). The molecule has 2 bridgehead atoms. The van der Waals surface area contributed by atoms with Crippen molar-refractivity contribution in [1.82, 2.24) is 5.43 Å². The summed E-state index contributed by atoms with van der Waals surface area (Å²) in [5, 5.41) is 4.04. The smallest absolute Gasteiger partial charge is 0.307 e. The summed E-state index contributed by atoms with van der Waals surface area (Å²) in [6.45, 7) is 0. The second kappa shape index (κ2) is 4.35. The molecule has 4 nitrogen and oxygen atoms in total. The Bertz CT molecular complexity index is 425. The highest BCUT2D eigenvalue weighted by molar-refractivity contribution is 5.91. The number of carbonyl (C=O) groups is 1. The van der Waals surface area contributed by atoms with Gasteiger partial charge in [-0.1, -0.05) is 6.42 Å². The number of nitrogens with zero attached hydrogens (tertiary/aromatic N) is 1. The van der Waals surface area contributed by atoms with Crippen LogP contribution in [0.25, 0.3) is 0 Å². The van der Waals surface area contributed by atoms with E-state index in [9.17, 15) is 4.79 Å². The zero-order valence-electron chi connectivity index (χ0n) is 9.63. The van der Waals surface area contributed by atoms with Gasteiger partial charge in [0.2, 0.25) is 0 Å². The molecule has 2 fully saturated rings. The average Bonchev–Trinajstić information content (AvgIpc) is 3.06. The Kier molecular flexibility index (Phi) is 2.71. The lowest BCUT2D eigenvalue weighted by Gasteiger charge is -2.16. The Labute approximate surface area is 100 Å². The third kappa shape index (κ3) is 2.12. The van der Waals surface area contributed by atoms with Gasteiger partial charge < -0.3 is 4.42 Å². The minimum absolute atomic E-state index is 0.283. The van der Waals surface area contributed by atoms with E-state index in [1.165, 1.54) is 31.9 Å². The minimum atomic E-state index is -0.283. The lowest BCUT2D eigenvalue weighted by molar-refractivity contribution is 0.0927. The number of hydrazone groups is 1. The quantitative estimate of drug-likeness (QED) is 0.642. The van der Waals surface area contributed by atoms with Crippen LogP contribution in [-0.4, -0.2) is 12.1 Å². The van der Waals surface area contributed by atoms with Crippen LogP contribution in [0, 0.1) is 17.8 Å². The van der Waals surface area contributed by atoms with Crippen LogP contribution in [0.15, 0.2) is 27.9 Å². The average molecular weight is 232 g/mol. The van der Waals surface area contributed by atoms with E-state index in [1.54, 1.807) is 12.1 Å². The molecule has 1 N–H and O–H groups in total. The molecular weight excluding hydrogens is 216 g/mol. The van der Waals surface area contributed by atoms with Crippen LogP contribution in [0.5, 0.6) is 0 Å². The Balaban J connectivity index is 1.53. The van der Waals surface area contributed by atoms with Gasteiger partial charge in [0.15, 0.2) is 5.76 Å². The zero-order chi connectivity index (χ0) is 11.7. The van der Waals surface area contributed by atoms with Crippen molar-refractivity contribution in [2.75, 3.05) is 0 Å². The summed E-state index contributed by atoms with van der Waals surface area (Å²) in [5.74, 6) is 2.27. The van der Waals surface area contributed by atoms with Gasteiger partial charge in [-0.15, -0.1) is 0 Å². The van der Waals surface area contributed by atoms with E-state index in [0.29, 0.717) is 11.7 Å². The van der Waals surface area contributed by atoms with Gasteiger partial charge in [0, 0.05) is 6.21 Å². The topological polar surface area (TPSA) is 54.6 Å². The number of furan rings is 1. The molecule has 1 heterocycles. The first-order chi connectivity index (χ1) is 8.33. The molecule has 3 atom stereocenters. The van der Waals surface area contributed by atoms with E-state index >= 15 is 0 Å². The van der Waals surface area contributed by atoms with Gasteiger partial charge in [-0.3, -0.25) is 4.79 Å². The van der Waals surface area contributed by atoms with Crippen molar-refractivity contribution < 1.29 is 9.21 Å². The van der Waals surface area contributed by atoms with Gasteiger partial charge in [0.25, 0.3) is 0 Å². The van der Waals surface area contributed by atoms with E-state index in [1.807, 2.05) is 6.21 Å². The summed E-state index contributed by atoms with van der Waals surface area (Å²) in [7, 11) is 0. The second-order valence-corrected chi connectivity index (χ2v) is 5.04. The molecule has 2 aliphatic carbocycles. The molecule has 17 heavy (non-hydrogen) atoms. The third-order valence-corrected chi connectivity index (χ3v) is 3.97. The summed E-state index contributed by atoms with van der Waals surface area (Å²) < 4.78 is 4.98. The lowest BCUT2D eigenvalue weighted by Crippen LogP contribution is -2.19. The largest absolute Gasteiger partial charge is 0.459 e. The minimum Gasteiger partial charge on any atom is -0.459 e. The zero-order valence-corrected chi connectivity index (χ0v) is 9.63. The van der Waals surface area contributed by atoms with Crippen LogP contribution < -0.4 is 5.43 Å². The molecule has 1 aromatic heterocycles. The van der Waals surface area contributed by atoms with Crippen LogP contribution in [-0.2, 0) is 0 Å². The Morgan fingerprint density at radius 3 is 3.06 bits per heavy atom. The van der Waals surface area contributed by atoms with Gasteiger partial charge in [0.05, 0.1) is 6.26 Å². The van der Waals surface area contributed by atoms with Crippen LogP contribution >= 0.6 is 0 Å². The maximum Gasteiger partial charge on any atom is 0.307 e. The van der Waals surface area contributed by atoms with Crippen LogP contribution in [0.3, 0.4) is 0 Å². The Morgan fingerprint density at radius 1 is 1.47 bits per heavy atom. The van der Waals surface area contributed by atoms with E-state index in [0.717, 1.165) is 11.8 Å². The fraction of sp³-hybridized carbons (Fsp3) is 0.538. The molecule has 2 aliphatic rings. The molecule has 4 heteroatoms. The maximum absolute atomic E-state index is 11.5. The predicted molar refractivity (Wildman–Crippen MR) is 63.6 cm³/mol. The normalized spacial score (nSPS) is 31.2. The number of hydrogen-bond acceptors (Lipinski definition) is 3. The van der Waals surface area contributed by atoms with E-state index < -0.39 is 0 Å². The van der Waals surface area contributed by atoms with Crippen molar-refractivity contribution in [2.45, 2.75) is 25.7 Å². The summed E-state index contributed by atoms with van der Waals surface area (Å²) in [6, 6.07) is 3.32. The molecule has 2 saturated carbocycles. The molecule has 0 radical (unpaired) electrons. The van der Waals surface area contributed by atoms with Gasteiger partial charge >= 0.3 is 5.91 Å².